The standard InChI is InChI=1S/C10H18N4O.ClH/c1-7(11-3)5-12-10(15)9-6-13-14(4)8(9)2;/h6-7,11H,5H2,1-4H3,(H,12,15);1H. The Morgan fingerprint density at radius 3 is 2.69 bits per heavy atom. The smallest absolute Gasteiger partial charge is 0.254 e. The third-order valence-corrected chi connectivity index (χ3v) is 2.54. The summed E-state index contributed by atoms with van der Waals surface area (Å²) in [6, 6.07) is 0.269. The molecule has 1 atom stereocenters. The van der Waals surface area contributed by atoms with Crippen molar-refractivity contribution in [3.05, 3.63) is 17.5 Å². The van der Waals surface area contributed by atoms with Crippen molar-refractivity contribution in [1.82, 2.24) is 20.4 Å². The highest BCUT2D eigenvalue weighted by atomic mass is 35.5. The van der Waals surface area contributed by atoms with Crippen molar-refractivity contribution in [2.45, 2.75) is 19.9 Å². The molecule has 2 N–H and O–H groups in total. The van der Waals surface area contributed by atoms with E-state index >= 15 is 0 Å². The van der Waals surface area contributed by atoms with Crippen molar-refractivity contribution in [1.29, 1.82) is 0 Å². The van der Waals surface area contributed by atoms with Crippen LogP contribution < -0.4 is 10.6 Å². The number of hydrogen-bond donors (Lipinski definition) is 2. The molecule has 1 rings (SSSR count). The van der Waals surface area contributed by atoms with Crippen LogP contribution >= 0.6 is 12.4 Å². The Bertz CT molecular complexity index is 351. The third kappa shape index (κ3) is 3.50. The number of rotatable bonds is 4. The van der Waals surface area contributed by atoms with Crippen molar-refractivity contribution in [2.24, 2.45) is 7.05 Å². The van der Waals surface area contributed by atoms with Crippen LogP contribution in [0.5, 0.6) is 0 Å². The van der Waals surface area contributed by atoms with Crippen molar-refractivity contribution in [3.8, 4) is 0 Å². The highest BCUT2D eigenvalue weighted by Crippen LogP contribution is 2.04. The summed E-state index contributed by atoms with van der Waals surface area (Å²) in [4.78, 5) is 11.7. The number of likely N-dealkylation sites (N-methyl/N-ethyl adjacent to an activating group) is 1. The normalized spacial score (nSPS) is 11.8. The van der Waals surface area contributed by atoms with Gasteiger partial charge in [-0.3, -0.25) is 9.48 Å². The average molecular weight is 247 g/mol. The van der Waals surface area contributed by atoms with Crippen molar-refractivity contribution >= 4 is 18.3 Å². The first kappa shape index (κ1) is 14.9. The van der Waals surface area contributed by atoms with Gasteiger partial charge >= 0.3 is 0 Å². The SMILES string of the molecule is CNC(C)CNC(=O)c1cnn(C)c1C.Cl. The zero-order chi connectivity index (χ0) is 11.4. The molecule has 0 spiro atoms. The number of carbonyl (C=O) groups excluding carboxylic acids is 1. The van der Waals surface area contributed by atoms with E-state index in [4.69, 9.17) is 0 Å². The summed E-state index contributed by atoms with van der Waals surface area (Å²) < 4.78 is 1.69. The van der Waals surface area contributed by atoms with Crippen LogP contribution in [-0.4, -0.2) is 35.3 Å². The van der Waals surface area contributed by atoms with Crippen LogP contribution in [0.4, 0.5) is 0 Å². The predicted molar refractivity (Wildman–Crippen MR) is 66.0 cm³/mol. The molecule has 0 saturated carbocycles. The minimum Gasteiger partial charge on any atom is -0.350 e. The number of halogens is 1. The van der Waals surface area contributed by atoms with E-state index in [9.17, 15) is 4.79 Å². The quantitative estimate of drug-likeness (QED) is 0.813. The fourth-order valence-corrected chi connectivity index (χ4v) is 1.16. The van der Waals surface area contributed by atoms with Crippen LogP contribution in [-0.2, 0) is 7.05 Å². The molecule has 1 unspecified atom stereocenters. The van der Waals surface area contributed by atoms with Crippen molar-refractivity contribution < 1.29 is 4.79 Å². The molecule has 1 aromatic heterocycles. The minimum atomic E-state index is -0.0669. The Morgan fingerprint density at radius 2 is 2.25 bits per heavy atom. The number of nitrogens with zero attached hydrogens (tertiary/aromatic N) is 2. The Kier molecular flexibility index (Phi) is 6.06. The summed E-state index contributed by atoms with van der Waals surface area (Å²) >= 11 is 0. The molecule has 6 heteroatoms. The Labute approximate surface area is 102 Å². The number of aryl methyl sites for hydroxylation is 1. The Hall–Kier alpha value is -1.07. The van der Waals surface area contributed by atoms with Crippen LogP contribution in [0, 0.1) is 6.92 Å². The summed E-state index contributed by atoms with van der Waals surface area (Å²) in [6.45, 7) is 4.50. The number of hydrogen-bond acceptors (Lipinski definition) is 3. The zero-order valence-electron chi connectivity index (χ0n) is 10.1. The lowest BCUT2D eigenvalue weighted by molar-refractivity contribution is 0.0950. The number of nitrogens with one attached hydrogen (secondary N) is 2. The third-order valence-electron chi connectivity index (χ3n) is 2.54. The lowest BCUT2D eigenvalue weighted by Gasteiger charge is -2.10. The maximum Gasteiger partial charge on any atom is 0.254 e. The molecule has 0 bridgehead atoms. The molecule has 0 fully saturated rings. The number of amides is 1. The van der Waals surface area contributed by atoms with Crippen LogP contribution in [0.15, 0.2) is 6.20 Å². The van der Waals surface area contributed by atoms with Crippen LogP contribution in [0.25, 0.3) is 0 Å². The van der Waals surface area contributed by atoms with Gasteiger partial charge in [-0.1, -0.05) is 0 Å². The van der Waals surface area contributed by atoms with E-state index < -0.39 is 0 Å². The van der Waals surface area contributed by atoms with E-state index in [0.29, 0.717) is 12.1 Å². The Balaban J connectivity index is 0.00000225. The number of aromatic nitrogens is 2. The summed E-state index contributed by atoms with van der Waals surface area (Å²) in [5.74, 6) is -0.0669. The summed E-state index contributed by atoms with van der Waals surface area (Å²) in [7, 11) is 3.69. The second kappa shape index (κ2) is 6.50. The van der Waals surface area contributed by atoms with Gasteiger partial charge in [0.25, 0.3) is 5.91 Å². The molecular weight excluding hydrogens is 228 g/mol. The lowest BCUT2D eigenvalue weighted by Crippen LogP contribution is -2.37. The van der Waals surface area contributed by atoms with Gasteiger partial charge in [-0.15, -0.1) is 12.4 Å². The van der Waals surface area contributed by atoms with Gasteiger partial charge in [0, 0.05) is 25.3 Å². The van der Waals surface area contributed by atoms with E-state index in [-0.39, 0.29) is 24.4 Å². The molecule has 0 aliphatic carbocycles. The van der Waals surface area contributed by atoms with E-state index in [1.165, 1.54) is 0 Å². The van der Waals surface area contributed by atoms with Gasteiger partial charge in [-0.25, -0.2) is 0 Å². The minimum absolute atomic E-state index is 0. The van der Waals surface area contributed by atoms with Crippen LogP contribution in [0.2, 0.25) is 0 Å². The lowest BCUT2D eigenvalue weighted by atomic mass is 10.2. The summed E-state index contributed by atoms with van der Waals surface area (Å²) in [5, 5.41) is 9.93. The van der Waals surface area contributed by atoms with Gasteiger partial charge in [-0.05, 0) is 20.9 Å². The molecule has 0 saturated heterocycles. The van der Waals surface area contributed by atoms with Gasteiger partial charge < -0.3 is 10.6 Å². The second-order valence-corrected chi connectivity index (χ2v) is 3.67. The topological polar surface area (TPSA) is 58.9 Å². The van der Waals surface area contributed by atoms with E-state index in [1.54, 1.807) is 10.9 Å². The van der Waals surface area contributed by atoms with E-state index in [2.05, 4.69) is 15.7 Å². The monoisotopic (exact) mass is 246 g/mol. The van der Waals surface area contributed by atoms with Crippen molar-refractivity contribution in [2.75, 3.05) is 13.6 Å². The molecule has 92 valence electrons. The van der Waals surface area contributed by atoms with Crippen LogP contribution in [0.1, 0.15) is 23.0 Å². The predicted octanol–water partition coefficient (Wildman–Crippen LogP) is 0.488. The fourth-order valence-electron chi connectivity index (χ4n) is 1.16. The average Bonchev–Trinajstić information content (AvgIpc) is 2.56. The van der Waals surface area contributed by atoms with Gasteiger partial charge in [-0.2, -0.15) is 5.10 Å². The summed E-state index contributed by atoms with van der Waals surface area (Å²) in [5.41, 5.74) is 1.52. The first-order chi connectivity index (χ1) is 7.06. The molecule has 0 aliphatic rings. The van der Waals surface area contributed by atoms with Crippen molar-refractivity contribution in [3.63, 3.8) is 0 Å². The molecule has 1 aromatic rings. The van der Waals surface area contributed by atoms with Gasteiger partial charge in [0.05, 0.1) is 11.8 Å². The van der Waals surface area contributed by atoms with E-state index in [0.717, 1.165) is 5.69 Å². The van der Waals surface area contributed by atoms with Crippen LogP contribution in [0.3, 0.4) is 0 Å². The molecule has 0 radical (unpaired) electrons. The fraction of sp³-hybridized carbons (Fsp3) is 0.600. The molecule has 1 amide bonds. The van der Waals surface area contributed by atoms with Gasteiger partial charge in [0.2, 0.25) is 0 Å². The van der Waals surface area contributed by atoms with Gasteiger partial charge in [0.15, 0.2) is 0 Å². The molecule has 5 nitrogen and oxygen atoms in total. The molecule has 1 heterocycles. The van der Waals surface area contributed by atoms with Gasteiger partial charge in [0.1, 0.15) is 0 Å². The maximum absolute atomic E-state index is 11.7. The molecule has 16 heavy (non-hydrogen) atoms. The highest BCUT2D eigenvalue weighted by Gasteiger charge is 2.12. The first-order valence-electron chi connectivity index (χ1n) is 5.00. The first-order valence-corrected chi connectivity index (χ1v) is 5.00. The molecular formula is C10H19ClN4O. The van der Waals surface area contributed by atoms with E-state index in [1.807, 2.05) is 27.9 Å². The Morgan fingerprint density at radius 1 is 1.62 bits per heavy atom. The largest absolute Gasteiger partial charge is 0.350 e. The second-order valence-electron chi connectivity index (χ2n) is 3.67. The summed E-state index contributed by atoms with van der Waals surface area (Å²) in [6.07, 6.45) is 1.59. The maximum atomic E-state index is 11.7. The highest BCUT2D eigenvalue weighted by molar-refractivity contribution is 5.95. The number of carbonyl (C=O) groups is 1. The molecule has 0 aliphatic heterocycles. The zero-order valence-corrected chi connectivity index (χ0v) is 10.9. The molecule has 0 aromatic carbocycles.